The molecule has 0 bridgehead atoms. The minimum atomic E-state index is -0.447. The predicted molar refractivity (Wildman–Crippen MR) is 77.7 cm³/mol. The van der Waals surface area contributed by atoms with Crippen molar-refractivity contribution in [1.82, 2.24) is 0 Å². The van der Waals surface area contributed by atoms with Gasteiger partial charge in [-0.3, -0.25) is 4.79 Å². The lowest BCUT2D eigenvalue weighted by Crippen LogP contribution is -2.37. The number of para-hydroxylation sites is 2. The van der Waals surface area contributed by atoms with Crippen molar-refractivity contribution in [2.24, 2.45) is 0 Å². The number of carbonyl (C=O) groups is 1. The van der Waals surface area contributed by atoms with Crippen LogP contribution in [-0.4, -0.2) is 19.1 Å². The Morgan fingerprint density at radius 1 is 1.25 bits per heavy atom. The molecule has 1 aliphatic heterocycles. The zero-order valence-electron chi connectivity index (χ0n) is 10.5. The smallest absolute Gasteiger partial charge is 0.258 e. The highest BCUT2D eigenvalue weighted by atomic mass is 79.9. The lowest BCUT2D eigenvalue weighted by Gasteiger charge is -2.29. The summed E-state index contributed by atoms with van der Waals surface area (Å²) in [6, 6.07) is 11.7. The van der Waals surface area contributed by atoms with Crippen LogP contribution in [-0.2, 0) is 0 Å². The third kappa shape index (κ3) is 2.29. The fraction of sp³-hybridized carbons (Fsp3) is 0.133. The van der Waals surface area contributed by atoms with Crippen molar-refractivity contribution < 1.29 is 13.9 Å². The van der Waals surface area contributed by atoms with Gasteiger partial charge in [0.15, 0.2) is 0 Å². The molecule has 0 unspecified atom stereocenters. The summed E-state index contributed by atoms with van der Waals surface area (Å²) in [6.07, 6.45) is 0. The summed E-state index contributed by atoms with van der Waals surface area (Å²) in [5, 5.41) is 0. The van der Waals surface area contributed by atoms with Crippen LogP contribution >= 0.6 is 15.9 Å². The van der Waals surface area contributed by atoms with Crippen molar-refractivity contribution in [1.29, 1.82) is 0 Å². The van der Waals surface area contributed by atoms with Crippen molar-refractivity contribution in [2.45, 2.75) is 0 Å². The summed E-state index contributed by atoms with van der Waals surface area (Å²) < 4.78 is 19.4. The molecule has 3 rings (SSSR count). The number of hydrogen-bond donors (Lipinski definition) is 0. The SMILES string of the molecule is O=C(c1ccc(Br)c(F)c1)N1CCOc2ccccc21. The fourth-order valence-corrected chi connectivity index (χ4v) is 2.41. The van der Waals surface area contributed by atoms with E-state index in [1.54, 1.807) is 11.0 Å². The molecule has 0 atom stereocenters. The Balaban J connectivity index is 1.97. The van der Waals surface area contributed by atoms with Crippen molar-refractivity contribution in [2.75, 3.05) is 18.1 Å². The molecule has 2 aromatic carbocycles. The average molecular weight is 336 g/mol. The van der Waals surface area contributed by atoms with Crippen LogP contribution in [0.25, 0.3) is 0 Å². The van der Waals surface area contributed by atoms with Crippen LogP contribution in [0.5, 0.6) is 5.75 Å². The van der Waals surface area contributed by atoms with Crippen LogP contribution in [0.4, 0.5) is 10.1 Å². The normalized spacial score (nSPS) is 13.6. The molecule has 1 amide bonds. The Kier molecular flexibility index (Phi) is 3.44. The van der Waals surface area contributed by atoms with Gasteiger partial charge in [0.2, 0.25) is 0 Å². The zero-order chi connectivity index (χ0) is 14.1. The minimum absolute atomic E-state index is 0.229. The Bertz CT molecular complexity index is 675. The zero-order valence-corrected chi connectivity index (χ0v) is 12.1. The van der Waals surface area contributed by atoms with Crippen LogP contribution in [0.3, 0.4) is 0 Å². The molecule has 0 N–H and O–H groups in total. The van der Waals surface area contributed by atoms with E-state index in [0.717, 1.165) is 0 Å². The first-order valence-electron chi connectivity index (χ1n) is 6.15. The highest BCUT2D eigenvalue weighted by Gasteiger charge is 2.24. The molecule has 102 valence electrons. The maximum Gasteiger partial charge on any atom is 0.258 e. The largest absolute Gasteiger partial charge is 0.490 e. The average Bonchev–Trinajstić information content (AvgIpc) is 2.49. The highest BCUT2D eigenvalue weighted by Crippen LogP contribution is 2.32. The van der Waals surface area contributed by atoms with Gasteiger partial charge in [0.25, 0.3) is 5.91 Å². The lowest BCUT2D eigenvalue weighted by atomic mass is 10.1. The molecule has 0 aliphatic carbocycles. The van der Waals surface area contributed by atoms with E-state index in [1.165, 1.54) is 12.1 Å². The first-order chi connectivity index (χ1) is 9.66. The van der Waals surface area contributed by atoms with E-state index >= 15 is 0 Å². The number of carbonyl (C=O) groups excluding carboxylic acids is 1. The number of nitrogens with zero attached hydrogens (tertiary/aromatic N) is 1. The van der Waals surface area contributed by atoms with E-state index in [-0.39, 0.29) is 5.91 Å². The van der Waals surface area contributed by atoms with Gasteiger partial charge in [-0.15, -0.1) is 0 Å². The molecule has 20 heavy (non-hydrogen) atoms. The van der Waals surface area contributed by atoms with E-state index in [2.05, 4.69) is 15.9 Å². The van der Waals surface area contributed by atoms with Gasteiger partial charge in [0.05, 0.1) is 16.7 Å². The van der Waals surface area contributed by atoms with Crippen molar-refractivity contribution in [3.05, 3.63) is 58.3 Å². The molecule has 0 spiro atoms. The van der Waals surface area contributed by atoms with E-state index in [0.29, 0.717) is 34.6 Å². The Morgan fingerprint density at radius 2 is 2.05 bits per heavy atom. The minimum Gasteiger partial charge on any atom is -0.490 e. The summed E-state index contributed by atoms with van der Waals surface area (Å²) in [5.41, 5.74) is 1.04. The third-order valence-corrected chi connectivity index (χ3v) is 3.78. The lowest BCUT2D eigenvalue weighted by molar-refractivity contribution is 0.0976. The van der Waals surface area contributed by atoms with Gasteiger partial charge in [0, 0.05) is 5.56 Å². The van der Waals surface area contributed by atoms with E-state index in [1.807, 2.05) is 24.3 Å². The fourth-order valence-electron chi connectivity index (χ4n) is 2.17. The Morgan fingerprint density at radius 3 is 2.85 bits per heavy atom. The van der Waals surface area contributed by atoms with Crippen LogP contribution in [0.2, 0.25) is 0 Å². The summed E-state index contributed by atoms with van der Waals surface area (Å²) in [6.45, 7) is 0.884. The second-order valence-corrected chi connectivity index (χ2v) is 5.26. The molecule has 1 aliphatic rings. The first kappa shape index (κ1) is 13.1. The molecule has 0 fully saturated rings. The van der Waals surface area contributed by atoms with E-state index in [9.17, 15) is 9.18 Å². The first-order valence-corrected chi connectivity index (χ1v) is 6.95. The molecule has 0 radical (unpaired) electrons. The van der Waals surface area contributed by atoms with Gasteiger partial charge in [-0.25, -0.2) is 4.39 Å². The topological polar surface area (TPSA) is 29.5 Å². The van der Waals surface area contributed by atoms with Crippen LogP contribution in [0, 0.1) is 5.82 Å². The maximum absolute atomic E-state index is 13.6. The van der Waals surface area contributed by atoms with Gasteiger partial charge >= 0.3 is 0 Å². The standard InChI is InChI=1S/C15H11BrFNO2/c16-11-6-5-10(9-12(11)17)15(19)18-7-8-20-14-4-2-1-3-13(14)18/h1-6,9H,7-8H2. The second-order valence-electron chi connectivity index (χ2n) is 4.40. The molecule has 5 heteroatoms. The van der Waals surface area contributed by atoms with Gasteiger partial charge in [-0.1, -0.05) is 12.1 Å². The number of benzene rings is 2. The van der Waals surface area contributed by atoms with E-state index < -0.39 is 5.82 Å². The van der Waals surface area contributed by atoms with Crippen molar-refractivity contribution >= 4 is 27.5 Å². The van der Waals surface area contributed by atoms with Crippen molar-refractivity contribution in [3.63, 3.8) is 0 Å². The third-order valence-electron chi connectivity index (χ3n) is 3.14. The predicted octanol–water partition coefficient (Wildman–Crippen LogP) is 3.63. The maximum atomic E-state index is 13.6. The summed E-state index contributed by atoms with van der Waals surface area (Å²) in [4.78, 5) is 14.1. The quantitative estimate of drug-likeness (QED) is 0.796. The molecular weight excluding hydrogens is 325 g/mol. The summed E-state index contributed by atoms with van der Waals surface area (Å²) in [5.74, 6) is -0.00534. The highest BCUT2D eigenvalue weighted by molar-refractivity contribution is 9.10. The van der Waals surface area contributed by atoms with Crippen LogP contribution in [0.1, 0.15) is 10.4 Å². The number of hydrogen-bond acceptors (Lipinski definition) is 2. The number of fused-ring (bicyclic) bond motifs is 1. The van der Waals surface area contributed by atoms with Gasteiger partial charge in [0.1, 0.15) is 18.2 Å². The van der Waals surface area contributed by atoms with Gasteiger partial charge in [-0.05, 0) is 46.3 Å². The number of rotatable bonds is 1. The number of anilines is 1. The Labute approximate surface area is 124 Å². The molecule has 1 heterocycles. The number of amides is 1. The summed E-state index contributed by atoms with van der Waals surface area (Å²) in [7, 11) is 0. The molecular formula is C15H11BrFNO2. The number of halogens is 2. The van der Waals surface area contributed by atoms with E-state index in [4.69, 9.17) is 4.74 Å². The molecule has 0 saturated carbocycles. The monoisotopic (exact) mass is 335 g/mol. The second kappa shape index (κ2) is 5.25. The molecule has 0 saturated heterocycles. The van der Waals surface area contributed by atoms with Crippen LogP contribution in [0.15, 0.2) is 46.9 Å². The van der Waals surface area contributed by atoms with Gasteiger partial charge in [-0.2, -0.15) is 0 Å². The van der Waals surface area contributed by atoms with Crippen LogP contribution < -0.4 is 9.64 Å². The van der Waals surface area contributed by atoms with Gasteiger partial charge < -0.3 is 9.64 Å². The van der Waals surface area contributed by atoms with Crippen molar-refractivity contribution in [3.8, 4) is 5.75 Å². The molecule has 2 aromatic rings. The Hall–Kier alpha value is -1.88. The molecule has 3 nitrogen and oxygen atoms in total. The molecule has 0 aromatic heterocycles. The summed E-state index contributed by atoms with van der Waals surface area (Å²) >= 11 is 3.08. The number of ether oxygens (including phenoxy) is 1.